The van der Waals surface area contributed by atoms with Crippen molar-refractivity contribution in [2.45, 2.75) is 31.3 Å². The Hall–Kier alpha value is -1.19. The molecule has 2 aromatic carbocycles. The minimum Gasteiger partial charge on any atom is -0.310 e. The van der Waals surface area contributed by atoms with Gasteiger partial charge in [0.25, 0.3) is 0 Å². The molecule has 3 heteroatoms. The Morgan fingerprint density at radius 2 is 1.75 bits per heavy atom. The van der Waals surface area contributed by atoms with Crippen LogP contribution < -0.4 is 5.32 Å². The van der Waals surface area contributed by atoms with E-state index >= 15 is 0 Å². The fourth-order valence-corrected chi connectivity index (χ4v) is 3.32. The molecule has 1 aliphatic carbocycles. The maximum Gasteiger partial charge on any atom is 0.123 e. The summed E-state index contributed by atoms with van der Waals surface area (Å²) < 4.78 is 14.0. The summed E-state index contributed by atoms with van der Waals surface area (Å²) in [7, 11) is 0. The van der Waals surface area contributed by atoms with E-state index in [1.807, 2.05) is 12.1 Å². The third kappa shape index (κ3) is 3.10. The average molecular weight is 334 g/mol. The molecule has 0 bridgehead atoms. The minimum absolute atomic E-state index is 0.175. The SMILES string of the molecule is Fc1ccc(CNC2CC(c3ccccc3Br)C2)cc1. The molecule has 0 saturated heterocycles. The van der Waals surface area contributed by atoms with E-state index in [-0.39, 0.29) is 5.82 Å². The van der Waals surface area contributed by atoms with Crippen molar-refractivity contribution in [2.24, 2.45) is 0 Å². The summed E-state index contributed by atoms with van der Waals surface area (Å²) in [5.74, 6) is 0.475. The van der Waals surface area contributed by atoms with E-state index in [1.54, 1.807) is 0 Å². The van der Waals surface area contributed by atoms with Gasteiger partial charge in [-0.15, -0.1) is 0 Å². The maximum absolute atomic E-state index is 12.8. The van der Waals surface area contributed by atoms with Gasteiger partial charge in [-0.25, -0.2) is 4.39 Å². The molecule has 1 aliphatic rings. The number of hydrogen-bond acceptors (Lipinski definition) is 1. The molecular weight excluding hydrogens is 317 g/mol. The van der Waals surface area contributed by atoms with Gasteiger partial charge >= 0.3 is 0 Å². The van der Waals surface area contributed by atoms with Crippen molar-refractivity contribution in [3.63, 3.8) is 0 Å². The van der Waals surface area contributed by atoms with Crippen molar-refractivity contribution in [1.29, 1.82) is 0 Å². The van der Waals surface area contributed by atoms with Crippen LogP contribution in [-0.4, -0.2) is 6.04 Å². The molecule has 104 valence electrons. The Balaban J connectivity index is 1.49. The number of halogens is 2. The summed E-state index contributed by atoms with van der Waals surface area (Å²) in [6, 6.07) is 15.7. The molecule has 0 atom stereocenters. The fraction of sp³-hybridized carbons (Fsp3) is 0.294. The highest BCUT2D eigenvalue weighted by Gasteiger charge is 2.30. The van der Waals surface area contributed by atoms with Gasteiger partial charge in [0.1, 0.15) is 5.82 Å². The molecule has 1 nitrogen and oxygen atoms in total. The van der Waals surface area contributed by atoms with Crippen LogP contribution in [0.5, 0.6) is 0 Å². The molecule has 20 heavy (non-hydrogen) atoms. The first kappa shape index (κ1) is 13.8. The van der Waals surface area contributed by atoms with Crippen LogP contribution in [0.3, 0.4) is 0 Å². The van der Waals surface area contributed by atoms with Gasteiger partial charge in [-0.1, -0.05) is 46.3 Å². The molecule has 0 spiro atoms. The van der Waals surface area contributed by atoms with Crippen LogP contribution in [0.2, 0.25) is 0 Å². The van der Waals surface area contributed by atoms with E-state index in [4.69, 9.17) is 0 Å². The van der Waals surface area contributed by atoms with Crippen molar-refractivity contribution in [3.05, 3.63) is 69.9 Å². The van der Waals surface area contributed by atoms with E-state index < -0.39 is 0 Å². The number of benzene rings is 2. The lowest BCUT2D eigenvalue weighted by atomic mass is 9.76. The van der Waals surface area contributed by atoms with E-state index in [0.29, 0.717) is 12.0 Å². The fourth-order valence-electron chi connectivity index (χ4n) is 2.71. The van der Waals surface area contributed by atoms with Crippen molar-refractivity contribution >= 4 is 15.9 Å². The van der Waals surface area contributed by atoms with Crippen LogP contribution in [0.1, 0.15) is 29.9 Å². The van der Waals surface area contributed by atoms with Gasteiger partial charge in [0.2, 0.25) is 0 Å². The largest absolute Gasteiger partial charge is 0.310 e. The Morgan fingerprint density at radius 1 is 1.05 bits per heavy atom. The molecule has 1 saturated carbocycles. The highest BCUT2D eigenvalue weighted by atomic mass is 79.9. The molecule has 1 fully saturated rings. The van der Waals surface area contributed by atoms with Gasteiger partial charge in [-0.3, -0.25) is 0 Å². The number of rotatable bonds is 4. The molecule has 0 radical (unpaired) electrons. The van der Waals surface area contributed by atoms with Crippen LogP contribution in [0.25, 0.3) is 0 Å². The predicted molar refractivity (Wildman–Crippen MR) is 83.1 cm³/mol. The van der Waals surface area contributed by atoms with Crippen LogP contribution in [0.4, 0.5) is 4.39 Å². The Kier molecular flexibility index (Phi) is 4.18. The molecule has 0 heterocycles. The maximum atomic E-state index is 12.8. The Labute approximate surface area is 127 Å². The molecule has 0 aliphatic heterocycles. The van der Waals surface area contributed by atoms with Gasteiger partial charge in [-0.2, -0.15) is 0 Å². The molecule has 1 N–H and O–H groups in total. The second kappa shape index (κ2) is 6.06. The van der Waals surface area contributed by atoms with E-state index in [1.165, 1.54) is 35.0 Å². The highest BCUT2D eigenvalue weighted by Crippen LogP contribution is 2.40. The molecule has 2 aromatic rings. The second-order valence-electron chi connectivity index (χ2n) is 5.39. The van der Waals surface area contributed by atoms with Crippen molar-refractivity contribution in [2.75, 3.05) is 0 Å². The molecule has 0 unspecified atom stereocenters. The smallest absolute Gasteiger partial charge is 0.123 e. The lowest BCUT2D eigenvalue weighted by molar-refractivity contribution is 0.289. The lowest BCUT2D eigenvalue weighted by Crippen LogP contribution is -2.39. The first-order valence-electron chi connectivity index (χ1n) is 6.94. The van der Waals surface area contributed by atoms with E-state index in [2.05, 4.69) is 45.5 Å². The summed E-state index contributed by atoms with van der Waals surface area (Å²) >= 11 is 3.62. The first-order chi connectivity index (χ1) is 9.72. The predicted octanol–water partition coefficient (Wildman–Crippen LogP) is 4.62. The zero-order valence-electron chi connectivity index (χ0n) is 11.2. The average Bonchev–Trinajstić information content (AvgIpc) is 2.41. The zero-order chi connectivity index (χ0) is 13.9. The van der Waals surface area contributed by atoms with Crippen LogP contribution in [0, 0.1) is 5.82 Å². The Morgan fingerprint density at radius 3 is 2.45 bits per heavy atom. The summed E-state index contributed by atoms with van der Waals surface area (Å²) in [5, 5.41) is 3.54. The first-order valence-corrected chi connectivity index (χ1v) is 7.74. The van der Waals surface area contributed by atoms with Crippen molar-refractivity contribution < 1.29 is 4.39 Å². The van der Waals surface area contributed by atoms with Gasteiger partial charge in [-0.05, 0) is 48.1 Å². The normalized spacial score (nSPS) is 21.5. The third-order valence-electron chi connectivity index (χ3n) is 3.99. The van der Waals surface area contributed by atoms with Crippen LogP contribution in [0.15, 0.2) is 53.0 Å². The summed E-state index contributed by atoms with van der Waals surface area (Å²) in [6.07, 6.45) is 2.34. The second-order valence-corrected chi connectivity index (χ2v) is 6.25. The van der Waals surface area contributed by atoms with Gasteiger partial charge in [0.15, 0.2) is 0 Å². The number of hydrogen-bond donors (Lipinski definition) is 1. The van der Waals surface area contributed by atoms with Gasteiger partial charge in [0.05, 0.1) is 0 Å². The lowest BCUT2D eigenvalue weighted by Gasteiger charge is -2.37. The summed E-state index contributed by atoms with van der Waals surface area (Å²) in [4.78, 5) is 0. The molecule has 0 amide bonds. The van der Waals surface area contributed by atoms with Crippen LogP contribution in [-0.2, 0) is 6.54 Å². The third-order valence-corrected chi connectivity index (χ3v) is 4.71. The zero-order valence-corrected chi connectivity index (χ0v) is 12.7. The molecule has 3 rings (SSSR count). The van der Waals surface area contributed by atoms with Crippen molar-refractivity contribution in [1.82, 2.24) is 5.32 Å². The molecule has 0 aromatic heterocycles. The highest BCUT2D eigenvalue weighted by molar-refractivity contribution is 9.10. The summed E-state index contributed by atoms with van der Waals surface area (Å²) in [5.41, 5.74) is 2.54. The monoisotopic (exact) mass is 333 g/mol. The van der Waals surface area contributed by atoms with Gasteiger partial charge < -0.3 is 5.32 Å². The Bertz CT molecular complexity index is 576. The quantitative estimate of drug-likeness (QED) is 0.860. The van der Waals surface area contributed by atoms with E-state index in [0.717, 1.165) is 12.1 Å². The standard InChI is InChI=1S/C17H17BrFN/c18-17-4-2-1-3-16(17)13-9-15(10-13)20-11-12-5-7-14(19)8-6-12/h1-8,13,15,20H,9-11H2. The van der Waals surface area contributed by atoms with Crippen LogP contribution >= 0.6 is 15.9 Å². The summed E-state index contributed by atoms with van der Waals surface area (Å²) in [6.45, 7) is 0.813. The van der Waals surface area contributed by atoms with E-state index in [9.17, 15) is 4.39 Å². The number of nitrogens with one attached hydrogen (secondary N) is 1. The topological polar surface area (TPSA) is 12.0 Å². The molecular formula is C17H17BrFN. The van der Waals surface area contributed by atoms with Gasteiger partial charge in [0, 0.05) is 17.1 Å². The minimum atomic E-state index is -0.175. The van der Waals surface area contributed by atoms with Crippen molar-refractivity contribution in [3.8, 4) is 0 Å².